The van der Waals surface area contributed by atoms with Crippen molar-refractivity contribution in [2.24, 2.45) is 0 Å². The van der Waals surface area contributed by atoms with Crippen molar-refractivity contribution in [1.29, 1.82) is 0 Å². The Morgan fingerprint density at radius 3 is 2.50 bits per heavy atom. The molecule has 1 heterocycles. The van der Waals surface area contributed by atoms with Gasteiger partial charge in [0.2, 0.25) is 21.1 Å². The van der Waals surface area contributed by atoms with Crippen molar-refractivity contribution in [1.82, 2.24) is 10.2 Å². The Morgan fingerprint density at radius 2 is 1.83 bits per heavy atom. The van der Waals surface area contributed by atoms with Crippen LogP contribution in [0, 0.1) is 6.92 Å². The monoisotopic (exact) mass is 464 g/mol. The summed E-state index contributed by atoms with van der Waals surface area (Å²) in [4.78, 5) is 12.3. The molecule has 0 unspecified atom stereocenters. The first-order chi connectivity index (χ1) is 14.2. The summed E-state index contributed by atoms with van der Waals surface area (Å²) < 4.78 is 25.8. The van der Waals surface area contributed by atoms with Gasteiger partial charge in [-0.1, -0.05) is 53.3 Å². The Morgan fingerprint density at radius 1 is 1.13 bits per heavy atom. The number of aromatic nitrogens is 2. The summed E-state index contributed by atoms with van der Waals surface area (Å²) in [5, 5.41) is 12.5. The molecule has 1 aromatic heterocycles. The fourth-order valence-corrected chi connectivity index (χ4v) is 4.77. The maximum atomic E-state index is 12.3. The number of hydrogen-bond acceptors (Lipinski definition) is 6. The van der Waals surface area contributed by atoms with Crippen LogP contribution in [0.1, 0.15) is 18.4 Å². The maximum Gasteiger partial charge on any atom is 0.232 e. The number of halogens is 1. The van der Waals surface area contributed by atoms with E-state index < -0.39 is 10.0 Å². The number of carbonyl (C=O) groups excluding carboxylic acids is 1. The predicted octanol–water partition coefficient (Wildman–Crippen LogP) is 4.35. The van der Waals surface area contributed by atoms with E-state index in [9.17, 15) is 13.2 Å². The molecule has 0 aliphatic rings. The number of para-hydroxylation sites is 1. The van der Waals surface area contributed by atoms with Crippen molar-refractivity contribution >= 4 is 49.7 Å². The van der Waals surface area contributed by atoms with Crippen LogP contribution in [-0.2, 0) is 14.8 Å². The topological polar surface area (TPSA) is 92.3 Å². The second kappa shape index (κ2) is 9.55. The van der Waals surface area contributed by atoms with Gasteiger partial charge >= 0.3 is 0 Å². The second-order valence-electron chi connectivity index (χ2n) is 6.69. The van der Waals surface area contributed by atoms with Crippen LogP contribution >= 0.6 is 22.9 Å². The minimum Gasteiger partial charge on any atom is -0.301 e. The summed E-state index contributed by atoms with van der Waals surface area (Å²) in [5.74, 6) is -0.243. The number of nitrogens with one attached hydrogen (secondary N) is 1. The zero-order valence-electron chi connectivity index (χ0n) is 16.5. The number of rotatable bonds is 8. The maximum absolute atomic E-state index is 12.3. The zero-order chi connectivity index (χ0) is 21.7. The zero-order valence-corrected chi connectivity index (χ0v) is 18.9. The first kappa shape index (κ1) is 22.2. The van der Waals surface area contributed by atoms with Crippen molar-refractivity contribution in [3.8, 4) is 10.6 Å². The molecule has 0 bridgehead atoms. The van der Waals surface area contributed by atoms with Crippen molar-refractivity contribution in [2.45, 2.75) is 19.8 Å². The van der Waals surface area contributed by atoms with Crippen LogP contribution in [0.4, 0.5) is 10.8 Å². The minimum atomic E-state index is -3.46. The molecule has 0 aliphatic heterocycles. The van der Waals surface area contributed by atoms with Gasteiger partial charge in [0, 0.05) is 23.6 Å². The lowest BCUT2D eigenvalue weighted by molar-refractivity contribution is -0.116. The molecule has 10 heteroatoms. The first-order valence-corrected chi connectivity index (χ1v) is 12.2. The summed E-state index contributed by atoms with van der Waals surface area (Å²) in [6.07, 6.45) is 1.70. The lowest BCUT2D eigenvalue weighted by Gasteiger charge is -2.24. The third-order valence-corrected chi connectivity index (χ3v) is 6.63. The molecule has 3 rings (SSSR count). The normalized spacial score (nSPS) is 11.3. The molecule has 0 radical (unpaired) electrons. The summed E-state index contributed by atoms with van der Waals surface area (Å²) in [6.45, 7) is 2.07. The minimum absolute atomic E-state index is 0.160. The predicted molar refractivity (Wildman–Crippen MR) is 122 cm³/mol. The second-order valence-corrected chi connectivity index (χ2v) is 10.0. The van der Waals surface area contributed by atoms with Gasteiger partial charge in [-0.25, -0.2) is 8.42 Å². The average molecular weight is 465 g/mol. The molecule has 7 nitrogen and oxygen atoms in total. The number of aryl methyl sites for hydroxylation is 1. The van der Waals surface area contributed by atoms with Crippen LogP contribution in [0.2, 0.25) is 5.02 Å². The molecule has 2 aromatic carbocycles. The third kappa shape index (κ3) is 5.78. The Balaban J connectivity index is 1.58. The fourth-order valence-electron chi connectivity index (χ4n) is 2.86. The summed E-state index contributed by atoms with van der Waals surface area (Å²) >= 11 is 7.15. The van der Waals surface area contributed by atoms with Gasteiger partial charge in [-0.3, -0.25) is 9.10 Å². The third-order valence-electron chi connectivity index (χ3n) is 4.31. The molecule has 0 atom stereocenters. The lowest BCUT2D eigenvalue weighted by atomic mass is 10.2. The van der Waals surface area contributed by atoms with E-state index in [4.69, 9.17) is 11.6 Å². The number of anilines is 2. The molecule has 3 aromatic rings. The largest absolute Gasteiger partial charge is 0.301 e. The lowest BCUT2D eigenvalue weighted by Crippen LogP contribution is -2.32. The summed E-state index contributed by atoms with van der Waals surface area (Å²) in [7, 11) is -3.46. The molecule has 0 fully saturated rings. The first-order valence-electron chi connectivity index (χ1n) is 9.16. The quantitative estimate of drug-likeness (QED) is 0.535. The van der Waals surface area contributed by atoms with E-state index in [1.165, 1.54) is 21.9 Å². The molecule has 0 saturated heterocycles. The Labute approximate surface area is 184 Å². The van der Waals surface area contributed by atoms with E-state index in [1.54, 1.807) is 24.3 Å². The fraction of sp³-hybridized carbons (Fsp3) is 0.250. The van der Waals surface area contributed by atoms with Crippen LogP contribution < -0.4 is 9.62 Å². The SMILES string of the molecule is Cc1ccccc1N(CCCC(=O)Nc1nnc(-c2ccc(Cl)cc2)s1)S(C)(=O)=O. The molecule has 1 N–H and O–H groups in total. The summed E-state index contributed by atoms with van der Waals surface area (Å²) in [6, 6.07) is 14.5. The van der Waals surface area contributed by atoms with Gasteiger partial charge in [0.05, 0.1) is 11.9 Å². The Kier molecular flexibility index (Phi) is 7.06. The van der Waals surface area contributed by atoms with E-state index in [2.05, 4.69) is 15.5 Å². The average Bonchev–Trinajstić information content (AvgIpc) is 3.14. The smallest absolute Gasteiger partial charge is 0.232 e. The van der Waals surface area contributed by atoms with Crippen molar-refractivity contribution in [2.75, 3.05) is 22.4 Å². The number of carbonyl (C=O) groups is 1. The van der Waals surface area contributed by atoms with Crippen molar-refractivity contribution < 1.29 is 13.2 Å². The number of nitrogens with zero attached hydrogens (tertiary/aromatic N) is 3. The van der Waals surface area contributed by atoms with Crippen molar-refractivity contribution in [3.63, 3.8) is 0 Å². The number of sulfonamides is 1. The van der Waals surface area contributed by atoms with E-state index in [-0.39, 0.29) is 18.9 Å². The molecule has 0 spiro atoms. The standard InChI is InChI=1S/C20H21ClN4O3S2/c1-14-6-3-4-7-17(14)25(30(2,27)28)13-5-8-18(26)22-20-24-23-19(29-20)15-9-11-16(21)12-10-15/h3-4,6-7,9-12H,5,8,13H2,1-2H3,(H,22,24,26). The van der Waals surface area contributed by atoms with Gasteiger partial charge in [-0.2, -0.15) is 0 Å². The Bertz CT molecular complexity index is 1130. The van der Waals surface area contributed by atoms with E-state index >= 15 is 0 Å². The highest BCUT2D eigenvalue weighted by molar-refractivity contribution is 7.92. The highest BCUT2D eigenvalue weighted by atomic mass is 35.5. The van der Waals surface area contributed by atoms with Gasteiger partial charge in [0.15, 0.2) is 0 Å². The molecule has 1 amide bonds. The molecular weight excluding hydrogens is 444 g/mol. The molecule has 158 valence electrons. The van der Waals surface area contributed by atoms with E-state index in [0.29, 0.717) is 27.3 Å². The van der Waals surface area contributed by atoms with Crippen molar-refractivity contribution in [3.05, 3.63) is 59.1 Å². The number of amides is 1. The van der Waals surface area contributed by atoms with Crippen LogP contribution in [0.15, 0.2) is 48.5 Å². The van der Waals surface area contributed by atoms with Gasteiger partial charge in [0.25, 0.3) is 0 Å². The Hall–Kier alpha value is -2.49. The van der Waals surface area contributed by atoms with Crippen LogP contribution in [0.25, 0.3) is 10.6 Å². The molecule has 0 saturated carbocycles. The molecule has 30 heavy (non-hydrogen) atoms. The molecule has 0 aliphatic carbocycles. The summed E-state index contributed by atoms with van der Waals surface area (Å²) in [5.41, 5.74) is 2.34. The number of hydrogen-bond donors (Lipinski definition) is 1. The molecular formula is C20H21ClN4O3S2. The van der Waals surface area contributed by atoms with Gasteiger partial charge in [-0.15, -0.1) is 10.2 Å². The van der Waals surface area contributed by atoms with E-state index in [1.807, 2.05) is 31.2 Å². The van der Waals surface area contributed by atoms with Crippen LogP contribution in [0.5, 0.6) is 0 Å². The van der Waals surface area contributed by atoms with Gasteiger partial charge in [0.1, 0.15) is 5.01 Å². The van der Waals surface area contributed by atoms with Crippen LogP contribution in [0.3, 0.4) is 0 Å². The number of benzene rings is 2. The highest BCUT2D eigenvalue weighted by Gasteiger charge is 2.19. The highest BCUT2D eigenvalue weighted by Crippen LogP contribution is 2.27. The van der Waals surface area contributed by atoms with Gasteiger partial charge in [-0.05, 0) is 37.1 Å². The van der Waals surface area contributed by atoms with E-state index in [0.717, 1.165) is 11.1 Å². The van der Waals surface area contributed by atoms with Gasteiger partial charge < -0.3 is 5.32 Å². The van der Waals surface area contributed by atoms with Crippen LogP contribution in [-0.4, -0.2) is 37.3 Å².